The number of rotatable bonds is 4. The molecule has 0 heterocycles. The molecule has 0 bridgehead atoms. The summed E-state index contributed by atoms with van der Waals surface area (Å²) in [5, 5.41) is 0. The Morgan fingerprint density at radius 1 is 1.55 bits per heavy atom. The van der Waals surface area contributed by atoms with Crippen LogP contribution in [0, 0.1) is 18.3 Å². The summed E-state index contributed by atoms with van der Waals surface area (Å²) in [7, 11) is 0. The molecule has 0 N–H and O–H groups in total. The van der Waals surface area contributed by atoms with Gasteiger partial charge in [0.15, 0.2) is 0 Å². The molecule has 0 aliphatic heterocycles. The zero-order chi connectivity index (χ0) is 8.27. The zero-order valence-corrected chi connectivity index (χ0v) is 7.51. The van der Waals surface area contributed by atoms with Gasteiger partial charge < -0.3 is 0 Å². The quantitative estimate of drug-likeness (QED) is 0.553. The standard InChI is InChI=1S/C10H17N/c1-4-7-11(9(2)3)8-10-5-6-10/h1,9-10H,5-8H2,2-3H3. The topological polar surface area (TPSA) is 3.24 Å². The van der Waals surface area contributed by atoms with Crippen LogP contribution in [-0.2, 0) is 0 Å². The van der Waals surface area contributed by atoms with Gasteiger partial charge in [0.2, 0.25) is 0 Å². The van der Waals surface area contributed by atoms with Gasteiger partial charge in [-0.15, -0.1) is 6.42 Å². The molecule has 0 atom stereocenters. The normalized spacial score (nSPS) is 17.4. The van der Waals surface area contributed by atoms with Crippen LogP contribution in [0.1, 0.15) is 26.7 Å². The van der Waals surface area contributed by atoms with Gasteiger partial charge in [-0.25, -0.2) is 0 Å². The second-order valence-electron chi connectivity index (χ2n) is 3.67. The van der Waals surface area contributed by atoms with E-state index in [4.69, 9.17) is 6.42 Å². The van der Waals surface area contributed by atoms with Gasteiger partial charge in [0.1, 0.15) is 0 Å². The summed E-state index contributed by atoms with van der Waals surface area (Å²) < 4.78 is 0. The summed E-state index contributed by atoms with van der Waals surface area (Å²) in [6, 6.07) is 0.603. The van der Waals surface area contributed by atoms with Gasteiger partial charge in [-0.2, -0.15) is 0 Å². The van der Waals surface area contributed by atoms with E-state index in [0.29, 0.717) is 6.04 Å². The van der Waals surface area contributed by atoms with E-state index in [1.807, 2.05) is 0 Å². The second-order valence-corrected chi connectivity index (χ2v) is 3.67. The minimum atomic E-state index is 0.603. The number of nitrogens with zero attached hydrogens (tertiary/aromatic N) is 1. The molecule has 0 radical (unpaired) electrons. The number of hydrogen-bond acceptors (Lipinski definition) is 1. The largest absolute Gasteiger partial charge is 0.290 e. The summed E-state index contributed by atoms with van der Waals surface area (Å²) in [5.41, 5.74) is 0. The van der Waals surface area contributed by atoms with Crippen molar-refractivity contribution in [3.63, 3.8) is 0 Å². The third-order valence-electron chi connectivity index (χ3n) is 2.21. The third-order valence-corrected chi connectivity index (χ3v) is 2.21. The maximum atomic E-state index is 5.27. The first-order valence-corrected chi connectivity index (χ1v) is 4.41. The van der Waals surface area contributed by atoms with Crippen molar-refractivity contribution >= 4 is 0 Å². The Morgan fingerprint density at radius 2 is 2.18 bits per heavy atom. The number of hydrogen-bond donors (Lipinski definition) is 0. The molecule has 0 spiro atoms. The van der Waals surface area contributed by atoms with Gasteiger partial charge in [-0.05, 0) is 32.6 Å². The van der Waals surface area contributed by atoms with Crippen molar-refractivity contribution in [2.75, 3.05) is 13.1 Å². The monoisotopic (exact) mass is 151 g/mol. The van der Waals surface area contributed by atoms with Gasteiger partial charge in [-0.3, -0.25) is 4.90 Å². The molecule has 0 aromatic carbocycles. The highest BCUT2D eigenvalue weighted by Gasteiger charge is 2.24. The van der Waals surface area contributed by atoms with E-state index in [9.17, 15) is 0 Å². The highest BCUT2D eigenvalue weighted by molar-refractivity contribution is 4.91. The van der Waals surface area contributed by atoms with Crippen LogP contribution in [-0.4, -0.2) is 24.0 Å². The third kappa shape index (κ3) is 2.95. The molecule has 0 unspecified atom stereocenters. The van der Waals surface area contributed by atoms with E-state index in [2.05, 4.69) is 24.7 Å². The van der Waals surface area contributed by atoms with Crippen molar-refractivity contribution in [1.82, 2.24) is 4.90 Å². The fourth-order valence-corrected chi connectivity index (χ4v) is 1.21. The summed E-state index contributed by atoms with van der Waals surface area (Å²) in [6.07, 6.45) is 8.09. The molecule has 1 rings (SSSR count). The Bertz CT molecular complexity index is 151. The van der Waals surface area contributed by atoms with Crippen molar-refractivity contribution < 1.29 is 0 Å². The minimum Gasteiger partial charge on any atom is -0.290 e. The molecule has 1 aliphatic carbocycles. The summed E-state index contributed by atoms with van der Waals surface area (Å²) in [5.74, 6) is 3.66. The lowest BCUT2D eigenvalue weighted by Gasteiger charge is -2.23. The first kappa shape index (κ1) is 8.62. The second kappa shape index (κ2) is 3.78. The molecule has 0 aromatic rings. The van der Waals surface area contributed by atoms with Crippen molar-refractivity contribution in [1.29, 1.82) is 0 Å². The smallest absolute Gasteiger partial charge is 0.0601 e. The molecule has 0 saturated heterocycles. The average molecular weight is 151 g/mol. The molecule has 1 nitrogen and oxygen atoms in total. The van der Waals surface area contributed by atoms with E-state index in [1.165, 1.54) is 19.4 Å². The molecular weight excluding hydrogens is 134 g/mol. The maximum absolute atomic E-state index is 5.27. The van der Waals surface area contributed by atoms with Crippen LogP contribution in [0.25, 0.3) is 0 Å². The molecule has 1 aliphatic rings. The van der Waals surface area contributed by atoms with Crippen molar-refractivity contribution in [3.8, 4) is 12.3 Å². The first-order valence-electron chi connectivity index (χ1n) is 4.41. The van der Waals surface area contributed by atoms with Crippen LogP contribution in [0.15, 0.2) is 0 Å². The lowest BCUT2D eigenvalue weighted by molar-refractivity contribution is 0.240. The minimum absolute atomic E-state index is 0.603. The molecule has 11 heavy (non-hydrogen) atoms. The highest BCUT2D eigenvalue weighted by atomic mass is 15.1. The SMILES string of the molecule is C#CCN(CC1CC1)C(C)C. The van der Waals surface area contributed by atoms with E-state index in [-0.39, 0.29) is 0 Å². The van der Waals surface area contributed by atoms with Gasteiger partial charge in [0.05, 0.1) is 6.54 Å². The predicted octanol–water partition coefficient (Wildman–Crippen LogP) is 1.74. The summed E-state index contributed by atoms with van der Waals surface area (Å²) in [4.78, 5) is 2.37. The van der Waals surface area contributed by atoms with E-state index >= 15 is 0 Å². The van der Waals surface area contributed by atoms with Gasteiger partial charge in [0, 0.05) is 12.6 Å². The molecule has 62 valence electrons. The zero-order valence-electron chi connectivity index (χ0n) is 7.51. The van der Waals surface area contributed by atoms with Crippen LogP contribution >= 0.6 is 0 Å². The lowest BCUT2D eigenvalue weighted by Crippen LogP contribution is -2.33. The number of terminal acetylenes is 1. The van der Waals surface area contributed by atoms with Gasteiger partial charge in [-0.1, -0.05) is 5.92 Å². The van der Waals surface area contributed by atoms with Crippen LogP contribution < -0.4 is 0 Å². The average Bonchev–Trinajstić information content (AvgIpc) is 2.70. The lowest BCUT2D eigenvalue weighted by atomic mass is 10.3. The summed E-state index contributed by atoms with van der Waals surface area (Å²) in [6.45, 7) is 6.44. The van der Waals surface area contributed by atoms with Gasteiger partial charge in [0.25, 0.3) is 0 Å². The van der Waals surface area contributed by atoms with Crippen LogP contribution in [0.5, 0.6) is 0 Å². The van der Waals surface area contributed by atoms with Gasteiger partial charge >= 0.3 is 0 Å². The molecule has 1 saturated carbocycles. The molecule has 1 heteroatoms. The Labute approximate surface area is 69.8 Å². The molecule has 0 aromatic heterocycles. The van der Waals surface area contributed by atoms with Crippen LogP contribution in [0.2, 0.25) is 0 Å². The predicted molar refractivity (Wildman–Crippen MR) is 48.3 cm³/mol. The Kier molecular flexibility index (Phi) is 2.96. The van der Waals surface area contributed by atoms with E-state index in [0.717, 1.165) is 12.5 Å². The Hall–Kier alpha value is -0.480. The first-order chi connectivity index (χ1) is 5.24. The molecular formula is C10H17N. The maximum Gasteiger partial charge on any atom is 0.0601 e. The van der Waals surface area contributed by atoms with Crippen molar-refractivity contribution in [2.45, 2.75) is 32.7 Å². The fourth-order valence-electron chi connectivity index (χ4n) is 1.21. The Balaban J connectivity index is 2.26. The van der Waals surface area contributed by atoms with E-state index in [1.54, 1.807) is 0 Å². The van der Waals surface area contributed by atoms with Crippen molar-refractivity contribution in [2.24, 2.45) is 5.92 Å². The van der Waals surface area contributed by atoms with Crippen molar-refractivity contribution in [3.05, 3.63) is 0 Å². The summed E-state index contributed by atoms with van der Waals surface area (Å²) >= 11 is 0. The fraction of sp³-hybridized carbons (Fsp3) is 0.800. The van der Waals surface area contributed by atoms with Crippen LogP contribution in [0.4, 0.5) is 0 Å². The molecule has 0 amide bonds. The van der Waals surface area contributed by atoms with E-state index < -0.39 is 0 Å². The highest BCUT2D eigenvalue weighted by Crippen LogP contribution is 2.30. The molecule has 1 fully saturated rings. The van der Waals surface area contributed by atoms with Crippen LogP contribution in [0.3, 0.4) is 0 Å². The Morgan fingerprint density at radius 3 is 2.55 bits per heavy atom.